The number of benzene rings is 2. The Morgan fingerprint density at radius 1 is 1.10 bits per heavy atom. The lowest BCUT2D eigenvalue weighted by Gasteiger charge is -2.29. The molecular formula is C16H19BrN2O. The van der Waals surface area contributed by atoms with Crippen molar-refractivity contribution in [2.24, 2.45) is 5.73 Å². The second-order valence-corrected chi connectivity index (χ2v) is 5.53. The summed E-state index contributed by atoms with van der Waals surface area (Å²) in [5, 5.41) is 0. The van der Waals surface area contributed by atoms with Crippen LogP contribution in [0.1, 0.15) is 11.6 Å². The molecule has 0 aliphatic carbocycles. The predicted molar refractivity (Wildman–Crippen MR) is 87.3 cm³/mol. The van der Waals surface area contributed by atoms with Crippen molar-refractivity contribution in [3.63, 3.8) is 0 Å². The number of nitrogens with two attached hydrogens (primary N) is 1. The Kier molecular flexibility index (Phi) is 5.04. The first kappa shape index (κ1) is 14.9. The number of methoxy groups -OCH3 is 1. The Balaban J connectivity index is 2.23. The van der Waals surface area contributed by atoms with Gasteiger partial charge in [-0.2, -0.15) is 0 Å². The Labute approximate surface area is 128 Å². The zero-order valence-electron chi connectivity index (χ0n) is 11.7. The predicted octanol–water partition coefficient (Wildman–Crippen LogP) is 3.59. The molecule has 1 atom stereocenters. The first-order chi connectivity index (χ1) is 9.65. The highest BCUT2D eigenvalue weighted by Gasteiger charge is 2.15. The van der Waals surface area contributed by atoms with Crippen molar-refractivity contribution >= 4 is 21.6 Å². The molecular weight excluding hydrogens is 316 g/mol. The lowest BCUT2D eigenvalue weighted by molar-refractivity contribution is 0.415. The number of ether oxygens (including phenoxy) is 1. The van der Waals surface area contributed by atoms with E-state index in [9.17, 15) is 0 Å². The maximum Gasteiger partial charge on any atom is 0.119 e. The van der Waals surface area contributed by atoms with Crippen LogP contribution in [0, 0.1) is 0 Å². The third kappa shape index (κ3) is 3.32. The standard InChI is InChI=1S/C16H19BrN2O/c1-19(14-7-9-15(20-2)10-8-14)16(11-18)12-3-5-13(17)6-4-12/h3-10,16H,11,18H2,1-2H3. The molecule has 0 aromatic heterocycles. The minimum atomic E-state index is 0.150. The number of hydrogen-bond acceptors (Lipinski definition) is 3. The maximum absolute atomic E-state index is 5.96. The van der Waals surface area contributed by atoms with Gasteiger partial charge in [0.25, 0.3) is 0 Å². The summed E-state index contributed by atoms with van der Waals surface area (Å²) in [5.74, 6) is 0.857. The van der Waals surface area contributed by atoms with Gasteiger partial charge in [-0.3, -0.25) is 0 Å². The van der Waals surface area contributed by atoms with Gasteiger partial charge in [0.1, 0.15) is 5.75 Å². The topological polar surface area (TPSA) is 38.5 Å². The molecule has 0 fully saturated rings. The number of nitrogens with zero attached hydrogens (tertiary/aromatic N) is 1. The molecule has 0 bridgehead atoms. The second-order valence-electron chi connectivity index (χ2n) is 4.61. The molecule has 0 spiro atoms. The van der Waals surface area contributed by atoms with Crippen LogP contribution in [-0.2, 0) is 0 Å². The Morgan fingerprint density at radius 3 is 2.20 bits per heavy atom. The molecule has 0 heterocycles. The Hall–Kier alpha value is -1.52. The molecule has 4 heteroatoms. The molecule has 0 aliphatic heterocycles. The number of rotatable bonds is 5. The van der Waals surface area contributed by atoms with Crippen LogP contribution in [0.5, 0.6) is 5.75 Å². The average Bonchev–Trinajstić information content (AvgIpc) is 2.50. The van der Waals surface area contributed by atoms with Crippen molar-refractivity contribution < 1.29 is 4.74 Å². The van der Waals surface area contributed by atoms with Crippen LogP contribution in [0.2, 0.25) is 0 Å². The van der Waals surface area contributed by atoms with Gasteiger partial charge in [0, 0.05) is 23.8 Å². The lowest BCUT2D eigenvalue weighted by Crippen LogP contribution is -2.30. The van der Waals surface area contributed by atoms with E-state index in [0.717, 1.165) is 15.9 Å². The van der Waals surface area contributed by atoms with Crippen LogP contribution in [0.15, 0.2) is 53.0 Å². The molecule has 106 valence electrons. The Bertz CT molecular complexity index is 539. The fraction of sp³-hybridized carbons (Fsp3) is 0.250. The molecule has 0 amide bonds. The van der Waals surface area contributed by atoms with Crippen LogP contribution in [0.3, 0.4) is 0 Å². The molecule has 1 unspecified atom stereocenters. The van der Waals surface area contributed by atoms with Crippen molar-refractivity contribution in [1.29, 1.82) is 0 Å². The van der Waals surface area contributed by atoms with Crippen LogP contribution >= 0.6 is 15.9 Å². The molecule has 20 heavy (non-hydrogen) atoms. The molecule has 0 aliphatic rings. The summed E-state index contributed by atoms with van der Waals surface area (Å²) in [6.07, 6.45) is 0. The van der Waals surface area contributed by atoms with Crippen LogP contribution in [0.25, 0.3) is 0 Å². The summed E-state index contributed by atoms with van der Waals surface area (Å²) >= 11 is 3.46. The summed E-state index contributed by atoms with van der Waals surface area (Å²) in [6, 6.07) is 16.4. The summed E-state index contributed by atoms with van der Waals surface area (Å²) in [4.78, 5) is 2.18. The minimum absolute atomic E-state index is 0.150. The van der Waals surface area contributed by atoms with E-state index in [4.69, 9.17) is 10.5 Å². The third-order valence-electron chi connectivity index (χ3n) is 3.43. The summed E-state index contributed by atoms with van der Waals surface area (Å²) < 4.78 is 6.26. The van der Waals surface area contributed by atoms with Crippen molar-refractivity contribution in [2.75, 3.05) is 25.6 Å². The summed E-state index contributed by atoms with van der Waals surface area (Å²) in [7, 11) is 3.73. The van der Waals surface area contributed by atoms with Gasteiger partial charge in [-0.1, -0.05) is 28.1 Å². The summed E-state index contributed by atoms with van der Waals surface area (Å²) in [5.41, 5.74) is 8.28. The monoisotopic (exact) mass is 334 g/mol. The average molecular weight is 335 g/mol. The van der Waals surface area contributed by atoms with Gasteiger partial charge in [-0.05, 0) is 42.0 Å². The van der Waals surface area contributed by atoms with E-state index in [-0.39, 0.29) is 6.04 Å². The Morgan fingerprint density at radius 2 is 1.70 bits per heavy atom. The van der Waals surface area contributed by atoms with Gasteiger partial charge in [-0.25, -0.2) is 0 Å². The first-order valence-electron chi connectivity index (χ1n) is 6.48. The quantitative estimate of drug-likeness (QED) is 0.907. The smallest absolute Gasteiger partial charge is 0.119 e. The van der Waals surface area contributed by atoms with Crippen molar-refractivity contribution in [1.82, 2.24) is 0 Å². The highest BCUT2D eigenvalue weighted by molar-refractivity contribution is 9.10. The molecule has 2 aromatic carbocycles. The van der Waals surface area contributed by atoms with Gasteiger partial charge in [0.05, 0.1) is 13.2 Å². The molecule has 0 saturated carbocycles. The zero-order valence-corrected chi connectivity index (χ0v) is 13.3. The minimum Gasteiger partial charge on any atom is -0.497 e. The first-order valence-corrected chi connectivity index (χ1v) is 7.27. The van der Waals surface area contributed by atoms with E-state index in [1.165, 1.54) is 5.56 Å². The van der Waals surface area contributed by atoms with Crippen LogP contribution in [0.4, 0.5) is 5.69 Å². The second kappa shape index (κ2) is 6.77. The van der Waals surface area contributed by atoms with Gasteiger partial charge >= 0.3 is 0 Å². The van der Waals surface area contributed by atoms with E-state index in [2.05, 4.69) is 40.0 Å². The fourth-order valence-electron chi connectivity index (χ4n) is 2.20. The fourth-order valence-corrected chi connectivity index (χ4v) is 2.46. The number of anilines is 1. The van der Waals surface area contributed by atoms with E-state index >= 15 is 0 Å². The molecule has 2 rings (SSSR count). The SMILES string of the molecule is COc1ccc(N(C)C(CN)c2ccc(Br)cc2)cc1. The zero-order chi connectivity index (χ0) is 14.5. The van der Waals surface area contributed by atoms with Crippen LogP contribution < -0.4 is 15.4 Å². The number of likely N-dealkylation sites (N-methyl/N-ethyl adjacent to an activating group) is 1. The van der Waals surface area contributed by atoms with Gasteiger partial charge in [-0.15, -0.1) is 0 Å². The van der Waals surface area contributed by atoms with Gasteiger partial charge < -0.3 is 15.4 Å². The highest BCUT2D eigenvalue weighted by Crippen LogP contribution is 2.27. The van der Waals surface area contributed by atoms with Crippen molar-refractivity contribution in [3.05, 3.63) is 58.6 Å². The lowest BCUT2D eigenvalue weighted by atomic mass is 10.1. The molecule has 2 N–H and O–H groups in total. The highest BCUT2D eigenvalue weighted by atomic mass is 79.9. The molecule has 0 radical (unpaired) electrons. The molecule has 0 saturated heterocycles. The number of halogens is 1. The maximum atomic E-state index is 5.96. The van der Waals surface area contributed by atoms with E-state index in [1.54, 1.807) is 7.11 Å². The van der Waals surface area contributed by atoms with Gasteiger partial charge in [0.2, 0.25) is 0 Å². The number of hydrogen-bond donors (Lipinski definition) is 1. The van der Waals surface area contributed by atoms with Crippen molar-refractivity contribution in [3.8, 4) is 5.75 Å². The largest absolute Gasteiger partial charge is 0.497 e. The normalized spacial score (nSPS) is 12.0. The van der Waals surface area contributed by atoms with Gasteiger partial charge in [0.15, 0.2) is 0 Å². The van der Waals surface area contributed by atoms with E-state index in [1.807, 2.05) is 36.4 Å². The van der Waals surface area contributed by atoms with Crippen LogP contribution in [-0.4, -0.2) is 20.7 Å². The van der Waals surface area contributed by atoms with E-state index in [0.29, 0.717) is 6.54 Å². The molecule has 2 aromatic rings. The third-order valence-corrected chi connectivity index (χ3v) is 3.95. The van der Waals surface area contributed by atoms with Crippen molar-refractivity contribution in [2.45, 2.75) is 6.04 Å². The molecule has 3 nitrogen and oxygen atoms in total. The summed E-state index contributed by atoms with van der Waals surface area (Å²) in [6.45, 7) is 0.560. The van der Waals surface area contributed by atoms with E-state index < -0.39 is 0 Å².